The van der Waals surface area contributed by atoms with Gasteiger partial charge in [-0.2, -0.15) is 4.31 Å². The Kier molecular flexibility index (Phi) is 5.09. The number of nitrogens with zero attached hydrogens (tertiary/aromatic N) is 3. The highest BCUT2D eigenvalue weighted by atomic mass is 32.2. The van der Waals surface area contributed by atoms with E-state index in [9.17, 15) is 22.7 Å². The van der Waals surface area contributed by atoms with E-state index in [0.717, 1.165) is 28.2 Å². The van der Waals surface area contributed by atoms with Crippen LogP contribution in [0.15, 0.2) is 52.5 Å². The van der Waals surface area contributed by atoms with Crippen molar-refractivity contribution in [3.05, 3.63) is 54.0 Å². The van der Waals surface area contributed by atoms with Gasteiger partial charge in [-0.05, 0) is 42.8 Å². The Labute approximate surface area is 171 Å². The number of hydrogen-bond donors (Lipinski definition) is 1. The lowest BCUT2D eigenvalue weighted by Crippen LogP contribution is -2.41. The molecule has 10 heteroatoms. The van der Waals surface area contributed by atoms with Gasteiger partial charge >= 0.3 is 5.97 Å². The van der Waals surface area contributed by atoms with Gasteiger partial charge in [-0.25, -0.2) is 12.8 Å². The van der Waals surface area contributed by atoms with E-state index in [0.29, 0.717) is 17.7 Å². The predicted molar refractivity (Wildman–Crippen MR) is 107 cm³/mol. The maximum atomic E-state index is 13.2. The largest absolute Gasteiger partial charge is 0.480 e. The molecule has 29 heavy (non-hydrogen) atoms. The third-order valence-electron chi connectivity index (χ3n) is 5.02. The molecule has 3 aromatic rings. The van der Waals surface area contributed by atoms with E-state index in [1.165, 1.54) is 35.2 Å². The molecule has 2 aromatic heterocycles. The Morgan fingerprint density at radius 3 is 2.76 bits per heavy atom. The summed E-state index contributed by atoms with van der Waals surface area (Å²) in [5.74, 6) is -0.978. The number of sulfonamides is 1. The molecule has 1 aliphatic rings. The number of benzene rings is 1. The van der Waals surface area contributed by atoms with Crippen molar-refractivity contribution in [3.63, 3.8) is 0 Å². The van der Waals surface area contributed by atoms with Crippen LogP contribution in [0.2, 0.25) is 0 Å². The lowest BCUT2D eigenvalue weighted by atomic mass is 10.1. The Morgan fingerprint density at radius 1 is 1.34 bits per heavy atom. The van der Waals surface area contributed by atoms with E-state index >= 15 is 0 Å². The van der Waals surface area contributed by atoms with Crippen LogP contribution in [0.5, 0.6) is 0 Å². The van der Waals surface area contributed by atoms with Crippen LogP contribution in [0.1, 0.15) is 5.56 Å². The van der Waals surface area contributed by atoms with Crippen LogP contribution in [0, 0.1) is 5.82 Å². The molecule has 0 saturated heterocycles. The van der Waals surface area contributed by atoms with Crippen molar-refractivity contribution in [2.45, 2.75) is 28.9 Å². The minimum atomic E-state index is -3.79. The summed E-state index contributed by atoms with van der Waals surface area (Å²) in [4.78, 5) is 15.8. The van der Waals surface area contributed by atoms with Gasteiger partial charge in [0.1, 0.15) is 12.4 Å². The smallest absolute Gasteiger partial charge is 0.323 e. The third-order valence-corrected chi connectivity index (χ3v) is 8.23. The summed E-state index contributed by atoms with van der Waals surface area (Å²) in [6, 6.07) is 7.98. The number of carboxylic acid groups (broad SMARTS) is 1. The summed E-state index contributed by atoms with van der Waals surface area (Å²) >= 11 is 1.43. The van der Waals surface area contributed by atoms with Gasteiger partial charge in [0.25, 0.3) is 0 Å². The average molecular weight is 436 g/mol. The number of pyridine rings is 1. The summed E-state index contributed by atoms with van der Waals surface area (Å²) in [6.45, 7) is -0.182. The topological polar surface area (TPSA) is 92.5 Å². The number of thioether (sulfide) groups is 1. The molecule has 0 bridgehead atoms. The van der Waals surface area contributed by atoms with Gasteiger partial charge in [0.15, 0.2) is 0 Å². The van der Waals surface area contributed by atoms with Crippen molar-refractivity contribution in [1.29, 1.82) is 0 Å². The monoisotopic (exact) mass is 435 g/mol. The Hall–Kier alpha value is -2.43. The predicted octanol–water partition coefficient (Wildman–Crippen LogP) is 2.60. The van der Waals surface area contributed by atoms with E-state index in [1.807, 2.05) is 6.07 Å². The number of aromatic nitrogens is 2. The van der Waals surface area contributed by atoms with E-state index in [2.05, 4.69) is 4.98 Å². The molecule has 0 saturated carbocycles. The van der Waals surface area contributed by atoms with Gasteiger partial charge in [0.05, 0.1) is 21.0 Å². The first-order chi connectivity index (χ1) is 13.8. The fourth-order valence-electron chi connectivity index (χ4n) is 3.53. The first-order valence-electron chi connectivity index (χ1n) is 8.83. The number of carbonyl (C=O) groups is 1. The summed E-state index contributed by atoms with van der Waals surface area (Å²) in [5, 5.41) is 10.1. The molecule has 1 N–H and O–H groups in total. The van der Waals surface area contributed by atoms with Crippen LogP contribution >= 0.6 is 11.8 Å². The summed E-state index contributed by atoms with van der Waals surface area (Å²) < 4.78 is 42.1. The number of likely N-dealkylation sites (N-methyl/N-ethyl adjacent to an activating group) is 1. The van der Waals surface area contributed by atoms with Crippen LogP contribution in [-0.2, 0) is 27.8 Å². The van der Waals surface area contributed by atoms with Crippen molar-refractivity contribution in [3.8, 4) is 0 Å². The molecular formula is C19H18FN3O4S2. The van der Waals surface area contributed by atoms with Crippen molar-refractivity contribution < 1.29 is 22.7 Å². The number of aliphatic carboxylic acids is 1. The highest BCUT2D eigenvalue weighted by Gasteiger charge is 2.34. The molecule has 1 aliphatic heterocycles. The zero-order chi connectivity index (χ0) is 20.8. The lowest BCUT2D eigenvalue weighted by molar-refractivity contribution is -0.137. The second-order valence-electron chi connectivity index (χ2n) is 6.78. The molecule has 3 heterocycles. The highest BCUT2D eigenvalue weighted by molar-refractivity contribution is 7.99. The Bertz CT molecular complexity index is 1190. The van der Waals surface area contributed by atoms with E-state index in [4.69, 9.17) is 0 Å². The molecule has 0 amide bonds. The number of fused-ring (bicyclic) bond motifs is 3. The van der Waals surface area contributed by atoms with Crippen LogP contribution in [0.3, 0.4) is 0 Å². The fraction of sp³-hybridized carbons (Fsp3) is 0.263. The highest BCUT2D eigenvalue weighted by Crippen LogP contribution is 2.39. The van der Waals surface area contributed by atoms with E-state index in [1.54, 1.807) is 16.8 Å². The molecule has 1 aromatic carbocycles. The quantitative estimate of drug-likeness (QED) is 0.662. The fourth-order valence-corrected chi connectivity index (χ4v) is 6.35. The zero-order valence-electron chi connectivity index (χ0n) is 15.4. The molecular weight excluding hydrogens is 417 g/mol. The van der Waals surface area contributed by atoms with Crippen LogP contribution < -0.4 is 0 Å². The van der Waals surface area contributed by atoms with E-state index in [-0.39, 0.29) is 17.5 Å². The molecule has 1 atom stereocenters. The van der Waals surface area contributed by atoms with Crippen molar-refractivity contribution in [2.75, 3.05) is 12.8 Å². The van der Waals surface area contributed by atoms with Gasteiger partial charge in [0.2, 0.25) is 10.0 Å². The van der Waals surface area contributed by atoms with Gasteiger partial charge in [-0.3, -0.25) is 9.78 Å². The zero-order valence-corrected chi connectivity index (χ0v) is 17.1. The maximum Gasteiger partial charge on any atom is 0.323 e. The molecule has 1 unspecified atom stereocenters. The van der Waals surface area contributed by atoms with Crippen LogP contribution in [0.25, 0.3) is 11.0 Å². The molecule has 152 valence electrons. The van der Waals surface area contributed by atoms with Gasteiger partial charge < -0.3 is 9.67 Å². The first kappa shape index (κ1) is 19.9. The Morgan fingerprint density at radius 2 is 2.07 bits per heavy atom. The minimum Gasteiger partial charge on any atom is -0.480 e. The molecule has 0 aliphatic carbocycles. The lowest BCUT2D eigenvalue weighted by Gasteiger charge is -2.30. The molecule has 0 fully saturated rings. The SMILES string of the molecule is CN(C1CSc2c(c3ncccc3n2CC(=O)O)C1)S(=O)(=O)c1ccc(F)cc1. The number of halogens is 1. The number of rotatable bonds is 5. The van der Waals surface area contributed by atoms with Crippen LogP contribution in [0.4, 0.5) is 4.39 Å². The van der Waals surface area contributed by atoms with Gasteiger partial charge in [-0.1, -0.05) is 0 Å². The van der Waals surface area contributed by atoms with Crippen molar-refractivity contribution >= 4 is 38.8 Å². The van der Waals surface area contributed by atoms with Gasteiger partial charge in [0, 0.05) is 30.6 Å². The van der Waals surface area contributed by atoms with Gasteiger partial charge in [-0.15, -0.1) is 11.8 Å². The van der Waals surface area contributed by atoms with Crippen molar-refractivity contribution in [1.82, 2.24) is 13.9 Å². The maximum absolute atomic E-state index is 13.2. The number of hydrogen-bond acceptors (Lipinski definition) is 5. The Balaban J connectivity index is 1.70. The summed E-state index contributed by atoms with van der Waals surface area (Å²) in [7, 11) is -2.28. The standard InChI is InChI=1S/C19H18FN3O4S2/c1-22(29(26,27)14-6-4-12(20)5-7-14)13-9-15-18-16(3-2-8-21-18)23(10-17(24)25)19(15)28-11-13/h2-8,13H,9-11H2,1H3,(H,24,25). The molecule has 0 radical (unpaired) electrons. The van der Waals surface area contributed by atoms with Crippen LogP contribution in [-0.4, -0.2) is 52.2 Å². The second-order valence-corrected chi connectivity index (χ2v) is 9.79. The summed E-state index contributed by atoms with van der Waals surface area (Å²) in [5.41, 5.74) is 2.26. The second kappa shape index (κ2) is 7.43. The van der Waals surface area contributed by atoms with Crippen molar-refractivity contribution in [2.24, 2.45) is 0 Å². The normalized spacial score (nSPS) is 16.9. The summed E-state index contributed by atoms with van der Waals surface area (Å²) in [6.07, 6.45) is 2.06. The molecule has 4 rings (SSSR count). The minimum absolute atomic E-state index is 0.0311. The first-order valence-corrected chi connectivity index (χ1v) is 11.3. The number of carboxylic acids is 1. The average Bonchev–Trinajstić information content (AvgIpc) is 3.00. The van der Waals surface area contributed by atoms with E-state index < -0.39 is 21.8 Å². The third kappa shape index (κ3) is 3.52. The molecule has 7 nitrogen and oxygen atoms in total. The molecule has 0 spiro atoms.